The van der Waals surface area contributed by atoms with Gasteiger partial charge in [-0.3, -0.25) is 9.78 Å². The van der Waals surface area contributed by atoms with Crippen molar-refractivity contribution in [2.75, 3.05) is 23.8 Å². The molecule has 0 saturated carbocycles. The van der Waals surface area contributed by atoms with E-state index in [1.165, 1.54) is 0 Å². The molecule has 0 radical (unpaired) electrons. The standard InChI is InChI=1S/C31H30N8O3/c1-4-39-30(41)21-12-13-25(36-27(21)31(39,2)3)35-26-15-23(34-24(18-40)19-9-6-5-7-10-19)22(17-33-26)29-38-37-28(42-29)20-11-8-14-32-16-20/h5-17,24,40H,4,18H2,1-3H3,(H2,33,34,35,36)/t24-/m1/s1. The van der Waals surface area contributed by atoms with Crippen molar-refractivity contribution in [2.24, 2.45) is 0 Å². The lowest BCUT2D eigenvalue weighted by Gasteiger charge is -2.30. The van der Waals surface area contributed by atoms with Crippen LogP contribution in [0.25, 0.3) is 22.9 Å². The lowest BCUT2D eigenvalue weighted by Crippen LogP contribution is -2.39. The maximum absolute atomic E-state index is 12.9. The van der Waals surface area contributed by atoms with Gasteiger partial charge in [0.25, 0.3) is 11.8 Å². The molecule has 1 amide bonds. The zero-order chi connectivity index (χ0) is 29.3. The van der Waals surface area contributed by atoms with E-state index in [4.69, 9.17) is 9.40 Å². The molecular weight excluding hydrogens is 532 g/mol. The highest BCUT2D eigenvalue weighted by molar-refractivity contribution is 5.99. The summed E-state index contributed by atoms with van der Waals surface area (Å²) in [5.74, 6) is 1.62. The Kier molecular flexibility index (Phi) is 7.09. The fourth-order valence-corrected chi connectivity index (χ4v) is 5.22. The third-order valence-corrected chi connectivity index (χ3v) is 7.38. The van der Waals surface area contributed by atoms with Gasteiger partial charge in [0.1, 0.15) is 11.6 Å². The summed E-state index contributed by atoms with van der Waals surface area (Å²) >= 11 is 0. The number of nitrogens with zero attached hydrogens (tertiary/aromatic N) is 6. The Labute approximate surface area is 242 Å². The summed E-state index contributed by atoms with van der Waals surface area (Å²) in [5.41, 5.74) is 3.57. The highest BCUT2D eigenvalue weighted by Gasteiger charge is 2.43. The number of rotatable bonds is 9. The van der Waals surface area contributed by atoms with Gasteiger partial charge in [0.2, 0.25) is 5.89 Å². The van der Waals surface area contributed by atoms with E-state index < -0.39 is 11.6 Å². The summed E-state index contributed by atoms with van der Waals surface area (Å²) in [4.78, 5) is 28.2. The SMILES string of the molecule is CCN1C(=O)c2ccc(Nc3cc(N[C@H](CO)c4ccccc4)c(-c4nnc(-c5cccnc5)o4)cn3)nc2C1(C)C. The van der Waals surface area contributed by atoms with E-state index in [-0.39, 0.29) is 18.4 Å². The van der Waals surface area contributed by atoms with E-state index in [1.807, 2.05) is 62.1 Å². The predicted octanol–water partition coefficient (Wildman–Crippen LogP) is 5.19. The van der Waals surface area contributed by atoms with Crippen LogP contribution >= 0.6 is 0 Å². The Morgan fingerprint density at radius 2 is 1.79 bits per heavy atom. The van der Waals surface area contributed by atoms with Crippen molar-refractivity contribution in [1.82, 2.24) is 30.0 Å². The molecule has 212 valence electrons. The van der Waals surface area contributed by atoms with E-state index in [0.29, 0.717) is 52.1 Å². The van der Waals surface area contributed by atoms with Crippen LogP contribution in [0.4, 0.5) is 17.3 Å². The average molecular weight is 563 g/mol. The Morgan fingerprint density at radius 3 is 2.52 bits per heavy atom. The molecule has 0 bridgehead atoms. The van der Waals surface area contributed by atoms with Crippen LogP contribution in [0.3, 0.4) is 0 Å². The largest absolute Gasteiger partial charge is 0.416 e. The van der Waals surface area contributed by atoms with Gasteiger partial charge in [-0.15, -0.1) is 10.2 Å². The number of carbonyl (C=O) groups excluding carboxylic acids is 1. The van der Waals surface area contributed by atoms with Gasteiger partial charge in [-0.25, -0.2) is 9.97 Å². The number of amides is 1. The van der Waals surface area contributed by atoms with Crippen molar-refractivity contribution in [2.45, 2.75) is 32.4 Å². The molecule has 0 spiro atoms. The first-order valence-electron chi connectivity index (χ1n) is 13.7. The van der Waals surface area contributed by atoms with Gasteiger partial charge >= 0.3 is 0 Å². The summed E-state index contributed by atoms with van der Waals surface area (Å²) in [6.45, 7) is 6.39. The van der Waals surface area contributed by atoms with Crippen LogP contribution in [-0.4, -0.2) is 54.2 Å². The van der Waals surface area contributed by atoms with Crippen molar-refractivity contribution in [3.05, 3.63) is 96.1 Å². The summed E-state index contributed by atoms with van der Waals surface area (Å²) in [6.07, 6.45) is 4.95. The van der Waals surface area contributed by atoms with Crippen molar-refractivity contribution < 1.29 is 14.3 Å². The molecule has 1 atom stereocenters. The van der Waals surface area contributed by atoms with Crippen LogP contribution in [0.5, 0.6) is 0 Å². The van der Waals surface area contributed by atoms with Gasteiger partial charge in [0.15, 0.2) is 0 Å². The molecule has 11 nitrogen and oxygen atoms in total. The molecule has 0 unspecified atom stereocenters. The summed E-state index contributed by atoms with van der Waals surface area (Å²) in [6, 6.07) is 18.2. The monoisotopic (exact) mass is 562 g/mol. The van der Waals surface area contributed by atoms with Gasteiger partial charge in [0.05, 0.1) is 46.3 Å². The zero-order valence-corrected chi connectivity index (χ0v) is 23.4. The number of aromatic nitrogens is 5. The van der Waals surface area contributed by atoms with Gasteiger partial charge in [-0.05, 0) is 50.6 Å². The third-order valence-electron chi connectivity index (χ3n) is 7.38. The summed E-state index contributed by atoms with van der Waals surface area (Å²) in [7, 11) is 0. The van der Waals surface area contributed by atoms with Crippen LogP contribution in [0.2, 0.25) is 0 Å². The first-order chi connectivity index (χ1) is 20.4. The molecule has 3 N–H and O–H groups in total. The Morgan fingerprint density at radius 1 is 0.976 bits per heavy atom. The number of hydrogen-bond acceptors (Lipinski definition) is 10. The molecule has 0 aliphatic carbocycles. The fourth-order valence-electron chi connectivity index (χ4n) is 5.22. The quantitative estimate of drug-likeness (QED) is 0.220. The molecule has 5 aromatic rings. The topological polar surface area (TPSA) is 142 Å². The average Bonchev–Trinajstić information content (AvgIpc) is 3.57. The first-order valence-corrected chi connectivity index (χ1v) is 13.7. The third kappa shape index (κ3) is 4.94. The van der Waals surface area contributed by atoms with Crippen LogP contribution in [0.1, 0.15) is 48.4 Å². The van der Waals surface area contributed by atoms with E-state index in [2.05, 4.69) is 30.8 Å². The molecule has 1 aliphatic rings. The van der Waals surface area contributed by atoms with Gasteiger partial charge < -0.3 is 25.1 Å². The normalized spacial score (nSPS) is 14.5. The molecule has 5 heterocycles. The van der Waals surface area contributed by atoms with Crippen molar-refractivity contribution in [3.8, 4) is 22.9 Å². The zero-order valence-electron chi connectivity index (χ0n) is 23.4. The minimum atomic E-state index is -0.531. The van der Waals surface area contributed by atoms with Crippen LogP contribution in [0, 0.1) is 0 Å². The molecular formula is C31H30N8O3. The summed E-state index contributed by atoms with van der Waals surface area (Å²) in [5, 5.41) is 25.4. The molecule has 11 heteroatoms. The Bertz CT molecular complexity index is 1720. The van der Waals surface area contributed by atoms with Gasteiger partial charge in [-0.1, -0.05) is 30.3 Å². The minimum Gasteiger partial charge on any atom is -0.416 e. The maximum atomic E-state index is 12.9. The van der Waals surface area contributed by atoms with E-state index in [1.54, 1.807) is 42.9 Å². The number of nitrogens with one attached hydrogen (secondary N) is 2. The number of pyridine rings is 3. The second-order valence-corrected chi connectivity index (χ2v) is 10.4. The number of fused-ring (bicyclic) bond motifs is 1. The van der Waals surface area contributed by atoms with E-state index in [9.17, 15) is 9.90 Å². The Hall–Kier alpha value is -5.16. The first kappa shape index (κ1) is 27.0. The van der Waals surface area contributed by atoms with E-state index in [0.717, 1.165) is 5.56 Å². The molecule has 1 aliphatic heterocycles. The molecule has 6 rings (SSSR count). The minimum absolute atomic E-state index is 0.0216. The molecule has 4 aromatic heterocycles. The smallest absolute Gasteiger partial charge is 0.256 e. The van der Waals surface area contributed by atoms with Gasteiger partial charge in [0, 0.05) is 31.2 Å². The van der Waals surface area contributed by atoms with Crippen molar-refractivity contribution >= 4 is 23.2 Å². The fraction of sp³-hybridized carbons (Fsp3) is 0.226. The Balaban J connectivity index is 1.36. The number of hydrogen-bond donors (Lipinski definition) is 3. The van der Waals surface area contributed by atoms with Gasteiger partial charge in [-0.2, -0.15) is 0 Å². The van der Waals surface area contributed by atoms with Crippen molar-refractivity contribution in [1.29, 1.82) is 0 Å². The molecule has 1 aromatic carbocycles. The van der Waals surface area contributed by atoms with Crippen LogP contribution in [0.15, 0.2) is 83.7 Å². The number of aliphatic hydroxyl groups excluding tert-OH is 1. The number of carbonyl (C=O) groups is 1. The highest BCUT2D eigenvalue weighted by atomic mass is 16.4. The second-order valence-electron chi connectivity index (χ2n) is 10.4. The highest BCUT2D eigenvalue weighted by Crippen LogP contribution is 2.38. The van der Waals surface area contributed by atoms with Crippen LogP contribution < -0.4 is 10.6 Å². The number of benzene rings is 1. The lowest BCUT2D eigenvalue weighted by molar-refractivity contribution is 0.0631. The number of anilines is 3. The second kappa shape index (κ2) is 11.0. The molecule has 0 saturated heterocycles. The summed E-state index contributed by atoms with van der Waals surface area (Å²) < 4.78 is 6.01. The van der Waals surface area contributed by atoms with E-state index >= 15 is 0 Å². The molecule has 0 fully saturated rings. The lowest BCUT2D eigenvalue weighted by atomic mass is 9.99. The van der Waals surface area contributed by atoms with Crippen molar-refractivity contribution in [3.63, 3.8) is 0 Å². The van der Waals surface area contributed by atoms with Crippen LogP contribution in [-0.2, 0) is 5.54 Å². The predicted molar refractivity (Wildman–Crippen MR) is 158 cm³/mol. The molecule has 42 heavy (non-hydrogen) atoms. The maximum Gasteiger partial charge on any atom is 0.256 e. The number of aliphatic hydroxyl groups is 1.